The van der Waals surface area contributed by atoms with Crippen molar-refractivity contribution in [1.29, 1.82) is 0 Å². The van der Waals surface area contributed by atoms with Crippen LogP contribution in [0.4, 0.5) is 8.78 Å². The minimum atomic E-state index is -3.05. The first-order valence-corrected chi connectivity index (χ1v) is 14.9. The number of pyridine rings is 1. The van der Waals surface area contributed by atoms with Gasteiger partial charge in [-0.2, -0.15) is 13.5 Å². The molecule has 2 heterocycles. The Balaban J connectivity index is 1.43. The standard InChI is InChI=1S/C27H28Cl2F2N2O6S/c28-19-12-32(36)13-20(29)18(19)11-22(38-26(35)25-33(7-8-40-25)24(34)9-15-1-2-15)17-5-6-21(39-27(30)31)23(10-17)37-14-16-3-4-16/h5-6,10,12-13,15-16,22,25,27H,1-4,7-9,11,14H2. The van der Waals surface area contributed by atoms with Crippen molar-refractivity contribution in [1.82, 2.24) is 4.90 Å². The lowest BCUT2D eigenvalue weighted by atomic mass is 10.0. The number of carbonyl (C=O) groups excluding carboxylic acids is 2. The summed E-state index contributed by atoms with van der Waals surface area (Å²) in [7, 11) is 0. The van der Waals surface area contributed by atoms with Crippen LogP contribution in [-0.4, -0.2) is 47.7 Å². The number of ether oxygens (including phenoxy) is 3. The molecule has 1 aromatic carbocycles. The minimum Gasteiger partial charge on any atom is -0.619 e. The fourth-order valence-electron chi connectivity index (χ4n) is 4.47. The Bertz CT molecular complexity index is 1240. The van der Waals surface area contributed by atoms with E-state index in [1.807, 2.05) is 0 Å². The van der Waals surface area contributed by atoms with E-state index in [2.05, 4.69) is 4.74 Å². The third-order valence-electron chi connectivity index (χ3n) is 7.01. The molecule has 0 bridgehead atoms. The van der Waals surface area contributed by atoms with E-state index in [4.69, 9.17) is 32.7 Å². The zero-order chi connectivity index (χ0) is 28.4. The number of benzene rings is 1. The molecule has 13 heteroatoms. The van der Waals surface area contributed by atoms with Crippen LogP contribution in [0.1, 0.15) is 49.3 Å². The summed E-state index contributed by atoms with van der Waals surface area (Å²) in [5, 5.41) is 11.1. The van der Waals surface area contributed by atoms with E-state index in [-0.39, 0.29) is 33.9 Å². The van der Waals surface area contributed by atoms with Crippen LogP contribution in [0, 0.1) is 17.0 Å². The fraction of sp³-hybridized carbons (Fsp3) is 0.519. The van der Waals surface area contributed by atoms with Crippen LogP contribution < -0.4 is 14.2 Å². The fourth-order valence-corrected chi connectivity index (χ4v) is 6.19. The van der Waals surface area contributed by atoms with Crippen molar-refractivity contribution >= 4 is 46.8 Å². The van der Waals surface area contributed by atoms with Crippen molar-refractivity contribution in [3.8, 4) is 11.5 Å². The van der Waals surface area contributed by atoms with Crippen LogP contribution in [0.15, 0.2) is 30.6 Å². The van der Waals surface area contributed by atoms with Gasteiger partial charge in [-0.1, -0.05) is 29.3 Å². The van der Waals surface area contributed by atoms with E-state index in [0.717, 1.165) is 38.1 Å². The molecule has 1 amide bonds. The molecule has 5 rings (SSSR count). The molecule has 216 valence electrons. The molecule has 1 aromatic heterocycles. The lowest BCUT2D eigenvalue weighted by Crippen LogP contribution is -2.41. The molecule has 0 spiro atoms. The van der Waals surface area contributed by atoms with Crippen molar-refractivity contribution in [2.45, 2.75) is 56.6 Å². The Morgan fingerprint density at radius 1 is 1.10 bits per heavy atom. The second-order valence-corrected chi connectivity index (χ2v) is 12.2. The molecule has 3 fully saturated rings. The summed E-state index contributed by atoms with van der Waals surface area (Å²) < 4.78 is 43.0. The third kappa shape index (κ3) is 7.41. The molecule has 0 N–H and O–H groups in total. The Morgan fingerprint density at radius 3 is 2.45 bits per heavy atom. The smallest absolute Gasteiger partial charge is 0.387 e. The van der Waals surface area contributed by atoms with Crippen LogP contribution in [0.5, 0.6) is 11.5 Å². The molecule has 2 aliphatic carbocycles. The molecule has 2 unspecified atom stereocenters. The number of aromatic nitrogens is 1. The second kappa shape index (κ2) is 12.6. The van der Waals surface area contributed by atoms with Gasteiger partial charge in [0.15, 0.2) is 29.3 Å². The summed E-state index contributed by atoms with van der Waals surface area (Å²) in [4.78, 5) is 27.8. The zero-order valence-corrected chi connectivity index (χ0v) is 23.7. The number of carbonyl (C=O) groups is 2. The van der Waals surface area contributed by atoms with E-state index in [1.54, 1.807) is 4.90 Å². The van der Waals surface area contributed by atoms with E-state index in [0.29, 0.717) is 53.0 Å². The van der Waals surface area contributed by atoms with Gasteiger partial charge >= 0.3 is 12.6 Å². The summed E-state index contributed by atoms with van der Waals surface area (Å²) in [5.41, 5.74) is 0.785. The predicted octanol–water partition coefficient (Wildman–Crippen LogP) is 5.55. The van der Waals surface area contributed by atoms with E-state index in [9.17, 15) is 23.6 Å². The molecule has 1 aliphatic heterocycles. The summed E-state index contributed by atoms with van der Waals surface area (Å²) in [5.74, 6) is 0.560. The van der Waals surface area contributed by atoms with Gasteiger partial charge in [-0.25, -0.2) is 4.79 Å². The first-order chi connectivity index (χ1) is 19.2. The van der Waals surface area contributed by atoms with Gasteiger partial charge in [-0.05, 0) is 55.2 Å². The first kappa shape index (κ1) is 29.0. The van der Waals surface area contributed by atoms with Crippen molar-refractivity contribution in [3.05, 3.63) is 57.0 Å². The van der Waals surface area contributed by atoms with Gasteiger partial charge in [0.05, 0.1) is 6.61 Å². The third-order valence-corrected chi connectivity index (χ3v) is 8.84. The number of alkyl halides is 2. The highest BCUT2D eigenvalue weighted by Gasteiger charge is 2.39. The molecular weight excluding hydrogens is 589 g/mol. The second-order valence-electron chi connectivity index (χ2n) is 10.2. The van der Waals surface area contributed by atoms with Gasteiger partial charge < -0.3 is 24.3 Å². The van der Waals surface area contributed by atoms with Crippen LogP contribution in [0.3, 0.4) is 0 Å². The first-order valence-electron chi connectivity index (χ1n) is 13.1. The molecule has 3 aliphatic rings. The van der Waals surface area contributed by atoms with Gasteiger partial charge in [0.1, 0.15) is 16.1 Å². The summed E-state index contributed by atoms with van der Waals surface area (Å²) in [6, 6.07) is 4.32. The molecule has 2 saturated carbocycles. The zero-order valence-electron chi connectivity index (χ0n) is 21.4. The lowest BCUT2D eigenvalue weighted by molar-refractivity contribution is -0.605. The summed E-state index contributed by atoms with van der Waals surface area (Å²) in [6.07, 6.45) is 5.68. The number of halogens is 4. The Labute approximate surface area is 244 Å². The monoisotopic (exact) mass is 616 g/mol. The number of esters is 1. The number of hydrogen-bond donors (Lipinski definition) is 0. The van der Waals surface area contributed by atoms with E-state index < -0.39 is 24.1 Å². The number of thioether (sulfide) groups is 1. The van der Waals surface area contributed by atoms with Crippen molar-refractivity contribution in [3.63, 3.8) is 0 Å². The van der Waals surface area contributed by atoms with Gasteiger partial charge in [-0.15, -0.1) is 11.8 Å². The topological polar surface area (TPSA) is 92.0 Å². The Morgan fingerprint density at radius 2 is 1.80 bits per heavy atom. The van der Waals surface area contributed by atoms with E-state index >= 15 is 0 Å². The Kier molecular flexibility index (Phi) is 9.11. The van der Waals surface area contributed by atoms with E-state index in [1.165, 1.54) is 30.0 Å². The highest BCUT2D eigenvalue weighted by molar-refractivity contribution is 8.00. The quantitative estimate of drug-likeness (QED) is 0.175. The molecule has 2 aromatic rings. The van der Waals surface area contributed by atoms with Crippen molar-refractivity contribution in [2.75, 3.05) is 18.9 Å². The maximum absolute atomic E-state index is 13.5. The lowest BCUT2D eigenvalue weighted by Gasteiger charge is -2.26. The van der Waals surface area contributed by atoms with Crippen LogP contribution in [0.25, 0.3) is 0 Å². The normalized spacial score (nSPS) is 19.5. The predicted molar refractivity (Wildman–Crippen MR) is 145 cm³/mol. The summed E-state index contributed by atoms with van der Waals surface area (Å²) >= 11 is 14.0. The largest absolute Gasteiger partial charge is 0.619 e. The molecular formula is C27H28Cl2F2N2O6S. The highest BCUT2D eigenvalue weighted by Crippen LogP contribution is 2.39. The molecule has 0 radical (unpaired) electrons. The molecule has 8 nitrogen and oxygen atoms in total. The number of nitrogens with zero attached hydrogens (tertiary/aromatic N) is 2. The Hall–Kier alpha value is -2.50. The number of rotatable bonds is 12. The average Bonchev–Trinajstić information content (AvgIpc) is 3.83. The van der Waals surface area contributed by atoms with Gasteiger partial charge in [-0.3, -0.25) is 4.79 Å². The van der Waals surface area contributed by atoms with Crippen LogP contribution >= 0.6 is 35.0 Å². The van der Waals surface area contributed by atoms with Crippen molar-refractivity contribution in [2.24, 2.45) is 11.8 Å². The van der Waals surface area contributed by atoms with Gasteiger partial charge in [0.25, 0.3) is 0 Å². The van der Waals surface area contributed by atoms with Gasteiger partial charge in [0, 0.05) is 30.7 Å². The number of hydrogen-bond acceptors (Lipinski definition) is 7. The highest BCUT2D eigenvalue weighted by atomic mass is 35.5. The molecule has 2 atom stereocenters. The maximum Gasteiger partial charge on any atom is 0.387 e. The average molecular weight is 617 g/mol. The minimum absolute atomic E-state index is 0.0191. The van der Waals surface area contributed by atoms with Crippen LogP contribution in [0.2, 0.25) is 10.0 Å². The molecule has 40 heavy (non-hydrogen) atoms. The van der Waals surface area contributed by atoms with Gasteiger partial charge in [0.2, 0.25) is 5.91 Å². The van der Waals surface area contributed by atoms with Crippen LogP contribution in [-0.2, 0) is 20.7 Å². The number of amides is 1. The van der Waals surface area contributed by atoms with Crippen molar-refractivity contribution < 1.29 is 37.3 Å². The molecule has 1 saturated heterocycles. The maximum atomic E-state index is 13.5. The summed E-state index contributed by atoms with van der Waals surface area (Å²) in [6.45, 7) is -2.27. The SMILES string of the molecule is O=C(OC(Cc1c(Cl)c[n+]([O-])cc1Cl)c1ccc(OC(F)F)c(OCC2CC2)c1)C1SCCN1C(=O)CC1CC1.